The first-order valence-corrected chi connectivity index (χ1v) is 19.0. The fourth-order valence-corrected chi connectivity index (χ4v) is 5.98. The Kier molecular flexibility index (Phi) is 10.4. The molecule has 0 aliphatic carbocycles. The lowest BCUT2D eigenvalue weighted by Gasteiger charge is -2.36. The van der Waals surface area contributed by atoms with Gasteiger partial charge in [-0.05, 0) is 68.6 Å². The van der Waals surface area contributed by atoms with Crippen molar-refractivity contribution in [3.05, 3.63) is 60.3 Å². The van der Waals surface area contributed by atoms with E-state index in [0.717, 1.165) is 33.5 Å². The van der Waals surface area contributed by atoms with Crippen molar-refractivity contribution < 1.29 is 18.1 Å². The van der Waals surface area contributed by atoms with E-state index in [9.17, 15) is 4.21 Å². The van der Waals surface area contributed by atoms with Crippen LogP contribution in [0.15, 0.2) is 48.9 Å². The van der Waals surface area contributed by atoms with Gasteiger partial charge in [-0.3, -0.25) is 15.1 Å². The zero-order chi connectivity index (χ0) is 32.3. The van der Waals surface area contributed by atoms with Crippen LogP contribution in [0.5, 0.6) is 5.75 Å². The van der Waals surface area contributed by atoms with Gasteiger partial charge in [0.25, 0.3) is 0 Å². The van der Waals surface area contributed by atoms with E-state index >= 15 is 0 Å². The first kappa shape index (κ1) is 33.9. The van der Waals surface area contributed by atoms with Crippen LogP contribution >= 0.6 is 0 Å². The minimum atomic E-state index is -1.96. The van der Waals surface area contributed by atoms with Gasteiger partial charge in [0.2, 0.25) is 0 Å². The molecule has 0 saturated carbocycles. The second-order valence-corrected chi connectivity index (χ2v) is 19.8. The molecule has 12 heteroatoms. The Morgan fingerprint density at radius 2 is 1.80 bits per heavy atom. The predicted octanol–water partition coefficient (Wildman–Crippen LogP) is 6.32. The van der Waals surface area contributed by atoms with Crippen LogP contribution in [0.25, 0.3) is 28.0 Å². The predicted molar refractivity (Wildman–Crippen MR) is 179 cm³/mol. The van der Waals surface area contributed by atoms with Crippen molar-refractivity contribution in [3.8, 4) is 22.8 Å². The largest absolute Gasteiger partial charge is 0.490 e. The molecule has 3 heterocycles. The van der Waals surface area contributed by atoms with Gasteiger partial charge in [-0.1, -0.05) is 33.8 Å². The number of pyridine rings is 1. The molecule has 1 unspecified atom stereocenters. The molecule has 0 spiro atoms. The van der Waals surface area contributed by atoms with Gasteiger partial charge < -0.3 is 13.9 Å². The number of nitrogens with two attached hydrogens (primary N) is 1. The minimum Gasteiger partial charge on any atom is -0.490 e. The molecule has 0 bridgehead atoms. The molecule has 10 nitrogen and oxygen atoms in total. The van der Waals surface area contributed by atoms with E-state index < -0.39 is 24.1 Å². The molecule has 2 atom stereocenters. The molecule has 0 aliphatic heterocycles. The lowest BCUT2D eigenvalue weighted by Crippen LogP contribution is -2.40. The molecule has 3 aromatic heterocycles. The Morgan fingerprint density at radius 1 is 1.05 bits per heavy atom. The number of hydrogen-bond acceptors (Lipinski definition) is 8. The van der Waals surface area contributed by atoms with Crippen molar-refractivity contribution >= 4 is 30.2 Å². The third-order valence-corrected chi connectivity index (χ3v) is 14.1. The van der Waals surface area contributed by atoms with Crippen LogP contribution < -0.4 is 9.88 Å². The Morgan fingerprint density at radius 3 is 2.48 bits per heavy atom. The van der Waals surface area contributed by atoms with E-state index in [1.54, 1.807) is 30.4 Å². The molecule has 0 fully saturated rings. The smallest absolute Gasteiger partial charge is 0.192 e. The molecule has 0 radical (unpaired) electrons. The van der Waals surface area contributed by atoms with Crippen LogP contribution in [-0.4, -0.2) is 62.3 Å². The summed E-state index contributed by atoms with van der Waals surface area (Å²) in [7, 11) is -1.76. The Labute approximate surface area is 264 Å². The van der Waals surface area contributed by atoms with Gasteiger partial charge in [-0.25, -0.2) is 13.9 Å². The summed E-state index contributed by atoms with van der Waals surface area (Å²) in [5, 5.41) is 11.4. The van der Waals surface area contributed by atoms with E-state index in [0.29, 0.717) is 37.8 Å². The quantitative estimate of drug-likeness (QED) is 0.133. The number of rotatable bonds is 13. The van der Waals surface area contributed by atoms with Gasteiger partial charge in [0.1, 0.15) is 12.4 Å². The molecule has 0 saturated heterocycles. The maximum Gasteiger partial charge on any atom is 0.192 e. The zero-order valence-corrected chi connectivity index (χ0v) is 29.2. The van der Waals surface area contributed by atoms with E-state index in [-0.39, 0.29) is 11.0 Å². The molecule has 0 amide bonds. The lowest BCUT2D eigenvalue weighted by atomic mass is 9.94. The topological polar surface area (TPSA) is 127 Å². The number of methoxy groups -OCH3 is 1. The highest BCUT2D eigenvalue weighted by atomic mass is 32.2. The number of ether oxygens (including phenoxy) is 2. The monoisotopic (exact) mass is 638 g/mol. The SMILES string of the molecule is COCCOc1cc(-c2cccc([C@@H](C)CC(C)(C)S(N)=O)n2)cc2c1cnn2-c1cncc(CO[Si](C)(C)C(C)(C)C)n1. The fourth-order valence-electron chi connectivity index (χ4n) is 4.63. The number of aromatic nitrogens is 5. The number of hydrogen-bond donors (Lipinski definition) is 1. The molecule has 238 valence electrons. The van der Waals surface area contributed by atoms with Crippen molar-refractivity contribution in [2.45, 2.75) is 83.4 Å². The van der Waals surface area contributed by atoms with Crippen LogP contribution in [0.4, 0.5) is 0 Å². The number of fused-ring (bicyclic) bond motifs is 1. The van der Waals surface area contributed by atoms with E-state index in [1.807, 2.05) is 44.2 Å². The van der Waals surface area contributed by atoms with E-state index in [2.05, 4.69) is 45.8 Å². The van der Waals surface area contributed by atoms with Gasteiger partial charge in [-0.2, -0.15) is 5.10 Å². The summed E-state index contributed by atoms with van der Waals surface area (Å²) in [6.45, 7) is 18.2. The molecule has 4 rings (SSSR count). The average Bonchev–Trinajstić information content (AvgIpc) is 3.40. The highest BCUT2D eigenvalue weighted by Crippen LogP contribution is 2.37. The fraction of sp³-hybridized carbons (Fsp3) is 0.500. The van der Waals surface area contributed by atoms with Gasteiger partial charge in [0, 0.05) is 18.4 Å². The zero-order valence-electron chi connectivity index (χ0n) is 27.4. The Bertz CT molecular complexity index is 1620. The van der Waals surface area contributed by atoms with Crippen molar-refractivity contribution in [2.75, 3.05) is 20.3 Å². The van der Waals surface area contributed by atoms with Crippen LogP contribution in [0, 0.1) is 0 Å². The second kappa shape index (κ2) is 13.5. The molecule has 0 aliphatic rings. The van der Waals surface area contributed by atoms with Gasteiger partial charge in [0.05, 0.1) is 69.8 Å². The average molecular weight is 639 g/mol. The highest BCUT2D eigenvalue weighted by Gasteiger charge is 2.37. The third kappa shape index (κ3) is 7.78. The van der Waals surface area contributed by atoms with E-state index in [1.165, 1.54) is 0 Å². The van der Waals surface area contributed by atoms with Crippen molar-refractivity contribution in [1.82, 2.24) is 24.7 Å². The highest BCUT2D eigenvalue weighted by molar-refractivity contribution is 7.84. The van der Waals surface area contributed by atoms with Gasteiger partial charge >= 0.3 is 0 Å². The van der Waals surface area contributed by atoms with Crippen LogP contribution in [0.1, 0.15) is 65.3 Å². The Balaban J connectivity index is 1.73. The number of nitrogens with zero attached hydrogens (tertiary/aromatic N) is 5. The Hall–Kier alpha value is -3.03. The minimum absolute atomic E-state index is 0.0516. The van der Waals surface area contributed by atoms with Crippen LogP contribution in [0.3, 0.4) is 0 Å². The summed E-state index contributed by atoms with van der Waals surface area (Å²) >= 11 is 0. The second-order valence-electron chi connectivity index (χ2n) is 13.3. The van der Waals surface area contributed by atoms with Crippen molar-refractivity contribution in [1.29, 1.82) is 0 Å². The molecular formula is C32H46N6O4SSi. The maximum absolute atomic E-state index is 12.1. The first-order valence-electron chi connectivity index (χ1n) is 14.9. The maximum atomic E-state index is 12.1. The third-order valence-electron chi connectivity index (χ3n) is 8.39. The molecular weight excluding hydrogens is 593 g/mol. The summed E-state index contributed by atoms with van der Waals surface area (Å²) in [6, 6.07) is 9.98. The first-order chi connectivity index (χ1) is 20.6. The summed E-state index contributed by atoms with van der Waals surface area (Å²) in [5.41, 5.74) is 4.11. The summed E-state index contributed by atoms with van der Waals surface area (Å²) < 4.78 is 31.1. The molecule has 2 N–H and O–H groups in total. The number of benzene rings is 1. The van der Waals surface area contributed by atoms with Gasteiger partial charge in [-0.15, -0.1) is 0 Å². The van der Waals surface area contributed by atoms with E-state index in [4.69, 9.17) is 34.1 Å². The summed E-state index contributed by atoms with van der Waals surface area (Å²) in [5.74, 6) is 1.31. The summed E-state index contributed by atoms with van der Waals surface area (Å²) in [4.78, 5) is 14.3. The van der Waals surface area contributed by atoms with Crippen molar-refractivity contribution in [3.63, 3.8) is 0 Å². The molecule has 4 aromatic rings. The summed E-state index contributed by atoms with van der Waals surface area (Å²) in [6.07, 6.45) is 5.86. The standard InChI is InChI=1S/C32H46N6O4SSi/c1-22(17-32(5,6)43(33)39)26-11-10-12-27(37-26)23-15-28-25(29(16-23)41-14-13-40-7)19-35-38(28)30-20-34-18-24(36-30)21-42-44(8,9)31(2,3)4/h10-12,15-16,18-20,22H,13-14,17,21,33H2,1-9H3/t22-,43?/m0/s1. The van der Waals surface area contributed by atoms with Crippen molar-refractivity contribution in [2.24, 2.45) is 5.14 Å². The molecule has 1 aromatic carbocycles. The normalized spacial score (nSPS) is 14.1. The van der Waals surface area contributed by atoms with Crippen LogP contribution in [0.2, 0.25) is 18.1 Å². The lowest BCUT2D eigenvalue weighted by molar-refractivity contribution is 0.147. The van der Waals surface area contributed by atoms with Crippen LogP contribution in [-0.2, 0) is 26.8 Å². The van der Waals surface area contributed by atoms with Gasteiger partial charge in [0.15, 0.2) is 14.1 Å². The molecule has 44 heavy (non-hydrogen) atoms.